The first kappa shape index (κ1) is 22.4. The Labute approximate surface area is 186 Å². The summed E-state index contributed by atoms with van der Waals surface area (Å²) in [6, 6.07) is 7.78. The summed E-state index contributed by atoms with van der Waals surface area (Å²) < 4.78 is 38.5. The first-order valence-corrected chi connectivity index (χ1v) is 10.2. The highest BCUT2D eigenvalue weighted by atomic mass is 19.4. The lowest BCUT2D eigenvalue weighted by Crippen LogP contribution is -2.61. The monoisotopic (exact) mass is 462 g/mol. The number of piperazine rings is 1. The summed E-state index contributed by atoms with van der Waals surface area (Å²) in [5.74, 6) is -0.522. The Hall–Kier alpha value is -3.76. The molecule has 2 heterocycles. The molecule has 4 N–H and O–H groups in total. The first-order valence-electron chi connectivity index (χ1n) is 10.2. The maximum Gasteiger partial charge on any atom is 0.416 e. The third kappa shape index (κ3) is 5.02. The number of hydrogen-bond donors (Lipinski definition) is 4. The van der Waals surface area contributed by atoms with Crippen molar-refractivity contribution in [2.45, 2.75) is 37.1 Å². The van der Waals surface area contributed by atoms with Crippen molar-refractivity contribution >= 4 is 23.5 Å². The predicted molar refractivity (Wildman–Crippen MR) is 111 cm³/mol. The molecule has 2 saturated heterocycles. The second-order valence-corrected chi connectivity index (χ2v) is 8.05. The van der Waals surface area contributed by atoms with Gasteiger partial charge in [-0.25, -0.2) is 4.79 Å². The van der Waals surface area contributed by atoms with Crippen LogP contribution in [0.1, 0.15) is 17.5 Å². The SMILES string of the molecule is O=C(Nc1cccc(C(F)(F)F)c1)N[C@H]1C[C@H]2C(=O)N[C@H](Cc3ccc(O)cc3)C(=O)N2C1. The molecule has 33 heavy (non-hydrogen) atoms. The van der Waals surface area contributed by atoms with E-state index < -0.39 is 35.9 Å². The number of benzene rings is 2. The molecule has 0 spiro atoms. The second-order valence-electron chi connectivity index (χ2n) is 8.05. The molecule has 0 saturated carbocycles. The molecule has 2 aromatic carbocycles. The van der Waals surface area contributed by atoms with Gasteiger partial charge in [-0.1, -0.05) is 18.2 Å². The number of nitrogens with zero attached hydrogens (tertiary/aromatic N) is 1. The number of phenols is 1. The van der Waals surface area contributed by atoms with Gasteiger partial charge in [-0.3, -0.25) is 9.59 Å². The number of hydrogen-bond acceptors (Lipinski definition) is 4. The molecule has 3 atom stereocenters. The average Bonchev–Trinajstić information content (AvgIpc) is 3.17. The lowest BCUT2D eigenvalue weighted by molar-refractivity contribution is -0.147. The van der Waals surface area contributed by atoms with Crippen molar-refractivity contribution in [1.82, 2.24) is 15.5 Å². The average molecular weight is 462 g/mol. The van der Waals surface area contributed by atoms with E-state index in [0.717, 1.165) is 17.7 Å². The number of halogens is 3. The highest BCUT2D eigenvalue weighted by molar-refractivity contribution is 5.98. The zero-order valence-electron chi connectivity index (χ0n) is 17.2. The van der Waals surface area contributed by atoms with E-state index in [0.29, 0.717) is 0 Å². The molecular weight excluding hydrogens is 441 g/mol. The number of carbonyl (C=O) groups is 3. The van der Waals surface area contributed by atoms with E-state index in [2.05, 4.69) is 16.0 Å². The molecule has 4 amide bonds. The molecule has 2 aliphatic rings. The molecule has 2 fully saturated rings. The molecule has 4 rings (SSSR count). The van der Waals surface area contributed by atoms with Crippen molar-refractivity contribution in [3.8, 4) is 5.75 Å². The predicted octanol–water partition coefficient (Wildman–Crippen LogP) is 2.24. The summed E-state index contributed by atoms with van der Waals surface area (Å²) in [6.07, 6.45) is -4.09. The number of rotatable bonds is 4. The first-order chi connectivity index (χ1) is 15.6. The minimum absolute atomic E-state index is 0.0270. The van der Waals surface area contributed by atoms with E-state index in [4.69, 9.17) is 0 Å². The third-order valence-corrected chi connectivity index (χ3v) is 5.66. The van der Waals surface area contributed by atoms with Gasteiger partial charge in [0.25, 0.3) is 0 Å². The van der Waals surface area contributed by atoms with Crippen molar-refractivity contribution in [2.75, 3.05) is 11.9 Å². The Morgan fingerprint density at radius 3 is 2.58 bits per heavy atom. The van der Waals surface area contributed by atoms with Gasteiger partial charge >= 0.3 is 12.2 Å². The Morgan fingerprint density at radius 1 is 1.15 bits per heavy atom. The number of amides is 4. The van der Waals surface area contributed by atoms with Gasteiger partial charge < -0.3 is 26.0 Å². The fourth-order valence-corrected chi connectivity index (χ4v) is 4.09. The Balaban J connectivity index is 1.37. The molecule has 0 radical (unpaired) electrons. The van der Waals surface area contributed by atoms with E-state index in [1.54, 1.807) is 12.1 Å². The fourth-order valence-electron chi connectivity index (χ4n) is 4.09. The third-order valence-electron chi connectivity index (χ3n) is 5.66. The van der Waals surface area contributed by atoms with Gasteiger partial charge in [0.1, 0.15) is 17.8 Å². The van der Waals surface area contributed by atoms with Crippen LogP contribution in [0.5, 0.6) is 5.75 Å². The number of fused-ring (bicyclic) bond motifs is 1. The van der Waals surface area contributed by atoms with Crippen LogP contribution in [-0.2, 0) is 22.2 Å². The number of alkyl halides is 3. The van der Waals surface area contributed by atoms with Gasteiger partial charge in [0, 0.05) is 18.7 Å². The number of phenolic OH excluding ortho intramolecular Hbond substituents is 1. The molecule has 11 heteroatoms. The zero-order valence-corrected chi connectivity index (χ0v) is 17.2. The molecular formula is C22H21F3N4O4. The quantitative estimate of drug-likeness (QED) is 0.559. The van der Waals surface area contributed by atoms with E-state index >= 15 is 0 Å². The summed E-state index contributed by atoms with van der Waals surface area (Å²) in [4.78, 5) is 39.2. The lowest BCUT2D eigenvalue weighted by Gasteiger charge is -2.34. The molecule has 2 aliphatic heterocycles. The zero-order chi connectivity index (χ0) is 23.8. The molecule has 2 aromatic rings. The number of urea groups is 1. The minimum atomic E-state index is -4.53. The van der Waals surface area contributed by atoms with Gasteiger partial charge in [0.05, 0.1) is 11.6 Å². The van der Waals surface area contributed by atoms with Crippen molar-refractivity contribution in [3.63, 3.8) is 0 Å². The van der Waals surface area contributed by atoms with Crippen LogP contribution in [0, 0.1) is 0 Å². The number of carbonyl (C=O) groups excluding carboxylic acids is 3. The highest BCUT2D eigenvalue weighted by Gasteiger charge is 2.46. The maximum atomic E-state index is 12.9. The summed E-state index contributed by atoms with van der Waals surface area (Å²) in [5, 5.41) is 17.1. The van der Waals surface area contributed by atoms with E-state index in [1.165, 1.54) is 29.2 Å². The Morgan fingerprint density at radius 2 is 1.88 bits per heavy atom. The van der Waals surface area contributed by atoms with Crippen molar-refractivity contribution in [1.29, 1.82) is 0 Å². The normalized spacial score (nSPS) is 22.5. The number of nitrogens with one attached hydrogen (secondary N) is 3. The topological polar surface area (TPSA) is 111 Å². The van der Waals surface area contributed by atoms with Crippen molar-refractivity contribution < 1.29 is 32.7 Å². The van der Waals surface area contributed by atoms with Gasteiger partial charge in [0.2, 0.25) is 11.8 Å². The maximum absolute atomic E-state index is 12.9. The molecule has 174 valence electrons. The fraction of sp³-hybridized carbons (Fsp3) is 0.318. The second kappa shape index (κ2) is 8.64. The standard InChI is InChI=1S/C22H21F3N4O4/c23-22(24,25)13-2-1-3-14(9-13)26-21(33)27-15-10-18-19(31)28-17(20(32)29(18)11-15)8-12-4-6-16(30)7-5-12/h1-7,9,15,17-18,30H,8,10-11H2,(H,28,31)(H2,26,27,33)/t15-,17+,18-/m0/s1. The molecule has 0 aromatic heterocycles. The highest BCUT2D eigenvalue weighted by Crippen LogP contribution is 2.30. The van der Waals surface area contributed by atoms with E-state index in [-0.39, 0.29) is 42.6 Å². The summed E-state index contributed by atoms with van der Waals surface area (Å²) in [6.45, 7) is 0.110. The molecule has 8 nitrogen and oxygen atoms in total. The van der Waals surface area contributed by atoms with Gasteiger partial charge in [0.15, 0.2) is 0 Å². The van der Waals surface area contributed by atoms with Gasteiger partial charge in [-0.05, 0) is 42.3 Å². The van der Waals surface area contributed by atoms with Crippen LogP contribution < -0.4 is 16.0 Å². The van der Waals surface area contributed by atoms with Crippen LogP contribution in [-0.4, -0.2) is 52.5 Å². The number of aromatic hydroxyl groups is 1. The van der Waals surface area contributed by atoms with Crippen molar-refractivity contribution in [3.05, 3.63) is 59.7 Å². The van der Waals surface area contributed by atoms with Gasteiger partial charge in [-0.2, -0.15) is 13.2 Å². The van der Waals surface area contributed by atoms with Gasteiger partial charge in [-0.15, -0.1) is 0 Å². The summed E-state index contributed by atoms with van der Waals surface area (Å²) >= 11 is 0. The molecule has 0 bridgehead atoms. The van der Waals surface area contributed by atoms with Crippen LogP contribution >= 0.6 is 0 Å². The largest absolute Gasteiger partial charge is 0.508 e. The summed E-state index contributed by atoms with van der Waals surface area (Å²) in [7, 11) is 0. The molecule has 0 aliphatic carbocycles. The minimum Gasteiger partial charge on any atom is -0.508 e. The van der Waals surface area contributed by atoms with E-state index in [1.807, 2.05) is 0 Å². The Bertz CT molecular complexity index is 1070. The number of anilines is 1. The molecule has 0 unspecified atom stereocenters. The summed E-state index contributed by atoms with van der Waals surface area (Å²) in [5.41, 5.74) is -0.153. The lowest BCUT2D eigenvalue weighted by atomic mass is 10.0. The van der Waals surface area contributed by atoms with Crippen molar-refractivity contribution in [2.24, 2.45) is 0 Å². The van der Waals surface area contributed by atoms with Crippen LogP contribution in [0.25, 0.3) is 0 Å². The van der Waals surface area contributed by atoms with Crippen LogP contribution in [0.15, 0.2) is 48.5 Å². The smallest absolute Gasteiger partial charge is 0.416 e. The van der Waals surface area contributed by atoms with Crippen LogP contribution in [0.3, 0.4) is 0 Å². The Kier molecular flexibility index (Phi) is 5.88. The van der Waals surface area contributed by atoms with Crippen LogP contribution in [0.4, 0.5) is 23.7 Å². The van der Waals surface area contributed by atoms with Crippen LogP contribution in [0.2, 0.25) is 0 Å². The van der Waals surface area contributed by atoms with E-state index in [9.17, 15) is 32.7 Å².